The molecule has 0 heterocycles. The third kappa shape index (κ3) is 68.6. The predicted octanol–water partition coefficient (Wildman–Crippen LogP) is 13.5. The summed E-state index contributed by atoms with van der Waals surface area (Å²) in [4.78, 5) is 183. The molecule has 0 aromatic heterocycles. The van der Waals surface area contributed by atoms with Crippen LogP contribution in [0.5, 0.6) is 0 Å². The van der Waals surface area contributed by atoms with Gasteiger partial charge in [0.2, 0.25) is 29.5 Å². The number of carbonyl (C=O) groups excluding carboxylic acids is 15. The number of rotatable bonds is 58. The van der Waals surface area contributed by atoms with Gasteiger partial charge in [0.1, 0.15) is 28.9 Å². The Balaban J connectivity index is -0.000000170. The van der Waals surface area contributed by atoms with E-state index in [4.69, 9.17) is 28.7 Å². The molecule has 0 bridgehead atoms. The minimum atomic E-state index is -0.580. The lowest BCUT2D eigenvalue weighted by Gasteiger charge is -2.22. The van der Waals surface area contributed by atoms with Crippen molar-refractivity contribution in [2.24, 2.45) is 112 Å². The number of hydrogen-bond donors (Lipinski definition) is 10. The fourth-order valence-corrected chi connectivity index (χ4v) is 15.5. The number of nitrogens with two attached hydrogens (primary N) is 5. The highest BCUT2D eigenvalue weighted by molar-refractivity contribution is 7.60. The number of amides is 5. The fraction of sp³-hybridized carbons (Fsp3) is 0.779. The van der Waals surface area contributed by atoms with Crippen LogP contribution in [0.2, 0.25) is 0 Å². The van der Waals surface area contributed by atoms with E-state index in [1.165, 1.54) is 13.8 Å². The van der Waals surface area contributed by atoms with Crippen LogP contribution in [-0.2, 0) is 78.3 Å². The van der Waals surface area contributed by atoms with Crippen LogP contribution in [0.25, 0.3) is 0 Å². The molecule has 5 amide bonds. The van der Waals surface area contributed by atoms with Gasteiger partial charge in [-0.2, -0.15) is 135 Å². The maximum absolute atomic E-state index is 12.8. The van der Waals surface area contributed by atoms with Gasteiger partial charge < -0.3 is 55.3 Å². The Morgan fingerprint density at radius 1 is 0.277 bits per heavy atom. The quantitative estimate of drug-likeness (QED) is 0.0271. The summed E-state index contributed by atoms with van der Waals surface area (Å²) in [5.74, 6) is 0.625. The second kappa shape index (κ2) is 84.8. The summed E-state index contributed by atoms with van der Waals surface area (Å²) in [5.41, 5.74) is 28.6. The minimum Gasteiger partial charge on any atom is -0.346 e. The van der Waals surface area contributed by atoms with E-state index in [1.807, 2.05) is 85.7 Å². The summed E-state index contributed by atoms with van der Waals surface area (Å²) in [6.07, 6.45) is 24.6. The summed E-state index contributed by atoms with van der Waals surface area (Å²) >= 11 is 0. The van der Waals surface area contributed by atoms with Crippen molar-refractivity contribution in [1.29, 1.82) is 0 Å². The maximum atomic E-state index is 12.8. The van der Waals surface area contributed by atoms with E-state index in [0.29, 0.717) is 146 Å². The first-order valence-corrected chi connectivity index (χ1v) is 45.9. The van der Waals surface area contributed by atoms with E-state index in [0.717, 1.165) is 108 Å². The molecule has 10 atom stereocenters. The SMILES string of the molecule is CC(=O)[C@@H](CC(=O)[C@H](CCCCN)NC(=O)C1CC1)CC(C)C.CC(=O)[C@@H](CC(=O)[C@H](CCCCN)NC(=O)C1CCCC1)CC(C)C.CC(=O)[C@@H](CC(=O)[C@H](CCCN)NC(=O)C1CC1)CC(C)C.CC(=O)[C@@H](CC(=O)[C@H](CCCN)NC(=O)C1CCCC1)CC(C)C.CC(=O)[C@@H](CC(=O)[C@H](CCCN)NC(=O)Cc1ccccc1)CC(C)C.S.S.S.S.S.S.S.S.S.S. The van der Waals surface area contributed by atoms with Gasteiger partial charge in [-0.3, -0.25) is 71.9 Å². The van der Waals surface area contributed by atoms with Crippen LogP contribution < -0.4 is 55.3 Å². The molecule has 1 aromatic rings. The Hall–Kier alpha value is -3.43. The van der Waals surface area contributed by atoms with Crippen molar-refractivity contribution < 1.29 is 71.9 Å². The monoisotopic (exact) mass is 2030 g/mol. The summed E-state index contributed by atoms with van der Waals surface area (Å²) in [6, 6.07) is 6.88. The molecule has 4 saturated carbocycles. The molecule has 25 nitrogen and oxygen atoms in total. The fourth-order valence-electron chi connectivity index (χ4n) is 15.5. The summed E-state index contributed by atoms with van der Waals surface area (Å²) < 4.78 is 0. The number of Topliss-reactive ketones (excluding diaryl/α,β-unsaturated/α-hetero) is 10. The van der Waals surface area contributed by atoms with Crippen LogP contribution in [0.4, 0.5) is 0 Å². The van der Waals surface area contributed by atoms with Crippen LogP contribution in [0, 0.1) is 82.9 Å². The lowest BCUT2D eigenvalue weighted by atomic mass is 9.87. The van der Waals surface area contributed by atoms with Gasteiger partial charge in [-0.15, -0.1) is 0 Å². The van der Waals surface area contributed by atoms with E-state index in [2.05, 4.69) is 40.4 Å². The molecular weight excluding hydrogens is 1840 g/mol. The number of benzene rings is 1. The van der Waals surface area contributed by atoms with Crippen molar-refractivity contribution in [3.05, 3.63) is 35.9 Å². The van der Waals surface area contributed by atoms with Gasteiger partial charge in [-0.25, -0.2) is 0 Å². The number of nitrogens with one attached hydrogen (secondary N) is 5. The Labute approximate surface area is 853 Å². The van der Waals surface area contributed by atoms with E-state index >= 15 is 0 Å². The number of ketones is 10. The Morgan fingerprint density at radius 3 is 0.654 bits per heavy atom. The van der Waals surface area contributed by atoms with Crippen molar-refractivity contribution in [3.63, 3.8) is 0 Å². The molecule has 0 saturated heterocycles. The number of carbonyl (C=O) groups is 15. The summed E-state index contributed by atoms with van der Waals surface area (Å²) in [7, 11) is 0. The molecule has 764 valence electrons. The van der Waals surface area contributed by atoms with E-state index in [1.54, 1.807) is 20.8 Å². The molecule has 4 aliphatic rings. The van der Waals surface area contributed by atoms with Crippen molar-refractivity contribution in [2.75, 3.05) is 32.7 Å². The second-order valence-electron chi connectivity index (χ2n) is 36.9. The predicted molar refractivity (Wildman–Crippen MR) is 580 cm³/mol. The summed E-state index contributed by atoms with van der Waals surface area (Å²) in [6.45, 7) is 30.8. The van der Waals surface area contributed by atoms with Crippen molar-refractivity contribution in [3.8, 4) is 0 Å². The molecule has 4 aliphatic carbocycles. The Kier molecular flexibility index (Phi) is 95.8. The van der Waals surface area contributed by atoms with Gasteiger partial charge in [0.15, 0.2) is 28.9 Å². The normalized spacial score (nSPS) is 15.2. The zero-order valence-corrected chi connectivity index (χ0v) is 91.7. The van der Waals surface area contributed by atoms with Gasteiger partial charge >= 0.3 is 0 Å². The molecule has 1 aromatic carbocycles. The molecule has 35 heteroatoms. The first-order chi connectivity index (χ1) is 56.7. The van der Waals surface area contributed by atoms with E-state index < -0.39 is 30.2 Å². The zero-order chi connectivity index (χ0) is 90.6. The minimum absolute atomic E-state index is 0. The first kappa shape index (κ1) is 147. The average Bonchev–Trinajstić information content (AvgIpc) is 1.71. The largest absolute Gasteiger partial charge is 0.346 e. The number of hydrogen-bond acceptors (Lipinski definition) is 20. The lowest BCUT2D eigenvalue weighted by Crippen LogP contribution is -2.44. The van der Waals surface area contributed by atoms with Gasteiger partial charge in [0.25, 0.3) is 0 Å². The summed E-state index contributed by atoms with van der Waals surface area (Å²) in [5, 5.41) is 14.5. The van der Waals surface area contributed by atoms with Crippen molar-refractivity contribution in [1.82, 2.24) is 26.6 Å². The van der Waals surface area contributed by atoms with E-state index in [9.17, 15) is 71.9 Å². The Bertz CT molecular complexity index is 3300. The molecule has 0 unspecified atom stereocenters. The molecule has 0 radical (unpaired) electrons. The van der Waals surface area contributed by atoms with Crippen molar-refractivity contribution in [2.45, 2.75) is 359 Å². The molecule has 130 heavy (non-hydrogen) atoms. The van der Waals surface area contributed by atoms with Gasteiger partial charge in [0, 0.05) is 85.4 Å². The molecule has 0 aliphatic heterocycles. The second-order valence-corrected chi connectivity index (χ2v) is 36.9. The smallest absolute Gasteiger partial charge is 0.224 e. The van der Waals surface area contributed by atoms with Crippen LogP contribution in [0.1, 0.15) is 328 Å². The topological polar surface area (TPSA) is 446 Å². The number of unbranched alkanes of at least 4 members (excludes halogenated alkanes) is 2. The van der Waals surface area contributed by atoms with Crippen LogP contribution >= 0.6 is 135 Å². The van der Waals surface area contributed by atoms with Gasteiger partial charge in [-0.1, -0.05) is 125 Å². The van der Waals surface area contributed by atoms with E-state index in [-0.39, 0.29) is 314 Å². The molecule has 5 rings (SSSR count). The van der Waals surface area contributed by atoms with Crippen LogP contribution in [-0.4, -0.2) is 150 Å². The highest BCUT2D eigenvalue weighted by Crippen LogP contribution is 2.32. The molecule has 4 fully saturated rings. The van der Waals surface area contributed by atoms with Gasteiger partial charge in [0.05, 0.1) is 36.6 Å². The van der Waals surface area contributed by atoms with Gasteiger partial charge in [-0.05, 0) is 263 Å². The molecular formula is C95H184N10O15S10. The third-order valence-corrected chi connectivity index (χ3v) is 23.0. The standard InChI is InChI=1S/C21H32N2O3.C20H36N2O3.C19H34N2O3.C18H32N2O3.C17H30N2O3.10H2S/c1-15(2)12-18(16(3)24)14-20(25)19(10-7-11-22)23-21(26)13-17-8-5-4-6-9-17;1-14(2)12-17(15(3)23)13-19(24)18(10-6-7-11-21)22-20(25)16-8-4-5-9-16;1-13(2)11-16(14(3)22)12-18(23)17(9-6-10-20)21-19(24)15-7-4-5-8-15;1-12(2)10-15(13(3)21)11-17(22)16(6-4-5-9-19)20-18(23)14-7-8-14;1-11(2)9-14(12(3)20)10-16(21)15(5-4-8-18)19-17(22)13-6-7-13;;;;;;;;;;/h4-6,8-9,15,18-19H,7,10-14,22H2,1-3H3,(H,23,26);14,16-18H,4-13,21H2,1-3H3,(H,22,25);13,15-17H,4-12,20H2,1-3H3,(H,21,24);12,14-16H,4-11,19H2,1-3H3,(H,20,23);11,13-15H,4-10,18H2,1-3H3,(H,19,22);10*1H2/t18-,19+;17-,18+;16-,17+;15-,16+;14-,15+;;;;;;;;;;/m11111........../s1. The highest BCUT2D eigenvalue weighted by Gasteiger charge is 2.37. The van der Waals surface area contributed by atoms with Crippen molar-refractivity contribution >= 4 is 222 Å². The highest BCUT2D eigenvalue weighted by atomic mass is 32.1. The average molecular weight is 2030 g/mol. The molecule has 15 N–H and O–H groups in total. The molecule has 0 spiro atoms. The van der Waals surface area contributed by atoms with Crippen LogP contribution in [0.15, 0.2) is 30.3 Å². The van der Waals surface area contributed by atoms with Crippen LogP contribution in [0.3, 0.4) is 0 Å². The zero-order valence-electron chi connectivity index (χ0n) is 81.7. The third-order valence-electron chi connectivity index (χ3n) is 23.0. The Morgan fingerprint density at radius 2 is 0.469 bits per heavy atom. The lowest BCUT2D eigenvalue weighted by molar-refractivity contribution is -0.132. The first-order valence-electron chi connectivity index (χ1n) is 45.9. The maximum Gasteiger partial charge on any atom is 0.224 e.